The molecule has 36 heteroatoms. The molecule has 10 rings (SSSR count). The number of fused-ring (bicyclic) bond motifs is 6. The van der Waals surface area contributed by atoms with Gasteiger partial charge in [-0.3, -0.25) is 24.0 Å². The van der Waals surface area contributed by atoms with E-state index in [9.17, 15) is 43.8 Å². The molecule has 3 fully saturated rings. The summed E-state index contributed by atoms with van der Waals surface area (Å²) in [6.07, 6.45) is 13.2. The van der Waals surface area contributed by atoms with Crippen LogP contribution in [0, 0.1) is 35.5 Å². The van der Waals surface area contributed by atoms with E-state index in [2.05, 4.69) is 33.2 Å². The van der Waals surface area contributed by atoms with Gasteiger partial charge in [0.05, 0.1) is 155 Å². The largest absolute Gasteiger partial charge is 0.460 e. The van der Waals surface area contributed by atoms with Gasteiger partial charge in [-0.2, -0.15) is 10.1 Å². The van der Waals surface area contributed by atoms with E-state index in [0.29, 0.717) is 222 Å². The van der Waals surface area contributed by atoms with Crippen molar-refractivity contribution in [3.05, 3.63) is 107 Å². The molecule has 0 spiro atoms. The molecule has 5 aliphatic rings. The predicted octanol–water partition coefficient (Wildman–Crippen LogP) is 9.82. The molecule has 1 aliphatic carbocycles. The first kappa shape index (κ1) is 108. The Hall–Kier alpha value is -9.09. The monoisotopic (exact) mass is 1890 g/mol. The summed E-state index contributed by atoms with van der Waals surface area (Å²) >= 11 is 0. The highest BCUT2D eigenvalue weighted by molar-refractivity contribution is 6.39. The molecule has 4 amide bonds. The number of allylic oxidation sites excluding steroid dienone is 5. The predicted molar refractivity (Wildman–Crippen MR) is 503 cm³/mol. The SMILES string of the molecule is CO[C@H]1C[C@@H]2CC[C@@H](C)[C@@](O)(O2)C(=O)C(=O)N2CCCC[C@H]2C(=O)O[C@H]([C@H](C)C[C@@H]2CC[C@@H](OC(=O)N(C)CCOCCOCCOCCOCCC(=O)N(C)CCOCCOCCOCCOCCC(=O)N3CCc4cc(Cn5nc(-c6ccc7oc(N)nc7c6)c6c(N)ncnc65)ccc4C3)[C@H](OC)C2)C[C@@H](OC)[C@H](C)/C=C(\C)[C@@H](O)[C@@H](OC)C(=O)[C@H](C)C[C@H](C)/C=C/C=C/C=C/1C. The number of ether oxygens (including phenoxy) is 15. The molecular formula is C99H147N11O25. The highest BCUT2D eigenvalue weighted by atomic mass is 16.6. The van der Waals surface area contributed by atoms with Crippen LogP contribution in [0.2, 0.25) is 0 Å². The number of methoxy groups -OCH3 is 4. The number of esters is 1. The number of anilines is 2. The summed E-state index contributed by atoms with van der Waals surface area (Å²) in [5, 5.41) is 29.6. The second-order valence-corrected chi connectivity index (χ2v) is 36.4. The number of rotatable bonds is 41. The lowest BCUT2D eigenvalue weighted by Crippen LogP contribution is -2.61. The Balaban J connectivity index is 0.551. The van der Waals surface area contributed by atoms with Crippen LogP contribution in [0.3, 0.4) is 0 Å². The maximum absolute atomic E-state index is 15.0. The number of likely N-dealkylation sites (N-methyl/N-ethyl adjacent to an activating group) is 2. The van der Waals surface area contributed by atoms with Gasteiger partial charge in [0.2, 0.25) is 17.6 Å². The molecule has 16 atom stereocenters. The fourth-order valence-electron chi connectivity index (χ4n) is 18.2. The minimum absolute atomic E-state index is 0.00489. The summed E-state index contributed by atoms with van der Waals surface area (Å²) < 4.78 is 95.5. The highest BCUT2D eigenvalue weighted by Crippen LogP contribution is 2.40. The molecule has 4 aliphatic heterocycles. The number of carbonyl (C=O) groups is 7. The fraction of sp³-hybridized carbons (Fsp3) is 0.667. The number of amides is 4. The van der Waals surface area contributed by atoms with Crippen molar-refractivity contribution in [2.24, 2.45) is 35.5 Å². The van der Waals surface area contributed by atoms with Crippen LogP contribution in [0.4, 0.5) is 16.6 Å². The summed E-state index contributed by atoms with van der Waals surface area (Å²) in [5.41, 5.74) is 20.1. The Morgan fingerprint density at radius 3 is 1.99 bits per heavy atom. The Morgan fingerprint density at radius 1 is 0.667 bits per heavy atom. The number of carbonyl (C=O) groups excluding carboxylic acids is 7. The zero-order valence-corrected chi connectivity index (χ0v) is 81.3. The smallest absolute Gasteiger partial charge is 0.409 e. The molecule has 1 saturated carbocycles. The van der Waals surface area contributed by atoms with Crippen LogP contribution in [0.15, 0.2) is 94.7 Å². The van der Waals surface area contributed by atoms with Gasteiger partial charge in [0.15, 0.2) is 17.0 Å². The van der Waals surface area contributed by atoms with Crippen molar-refractivity contribution >= 4 is 75.3 Å². The van der Waals surface area contributed by atoms with E-state index in [-0.39, 0.29) is 93.4 Å². The standard InChI is InChI=1S/C99H147N11O25/c1-64-19-15-14-16-20-65(2)81(120-10)59-76-27-22-70(7)99(119,135-76)92(115)95(116)109-33-18-17-21-78(109)96(117)132-83(60-82(121-11)66(3)54-69(6)90(114)91(123-13)89(113)68(5)53-64)67(4)55-71-24-28-80(84(57-71)122-12)134-98(118)107(9)36-40-127-44-48-131-52-49-128-45-41-124-37-31-85(111)106(8)35-39-126-43-47-130-51-50-129-46-42-125-38-32-86(112)108-34-30-73-56-72(23-25-75(73)62-108)61-110-94-87(93(100)102-63-103-94)88(105-110)74-26-29-79-77(58-74)104-97(101)133-79/h14-16,19-20,23,25-26,29,54,56,58,63-64,66-68,70-71,76,78,80-84,90-91,114,119H,17-18,21-22,24,27-28,30-53,55,57,59-62H2,1-13H3,(H2,101,104)(H2,100,102,103)/b16-14+,19-15+,65-20+,69-54+/t64-,66-,67-,68-,70-,71+,76+,78+,80-,81+,82-,83+,84-,90-,91+,99-/m1/s1. The van der Waals surface area contributed by atoms with Crippen LogP contribution in [0.5, 0.6) is 0 Å². The first-order valence-electron chi connectivity index (χ1n) is 47.8. The lowest BCUT2D eigenvalue weighted by molar-refractivity contribution is -0.265. The number of hydrogen-bond acceptors (Lipinski definition) is 31. The average molecular weight is 1890 g/mol. The number of cyclic esters (lactones) is 1. The van der Waals surface area contributed by atoms with Crippen molar-refractivity contribution < 1.29 is 119 Å². The molecular weight excluding hydrogens is 1740 g/mol. The van der Waals surface area contributed by atoms with Crippen molar-refractivity contribution in [3.63, 3.8) is 0 Å². The third-order valence-electron chi connectivity index (χ3n) is 26.4. The minimum atomic E-state index is -2.46. The average Bonchev–Trinajstić information content (AvgIpc) is 0.877. The lowest BCUT2D eigenvalue weighted by Gasteiger charge is -2.43. The van der Waals surface area contributed by atoms with Gasteiger partial charge in [-0.1, -0.05) is 89.3 Å². The first-order valence-corrected chi connectivity index (χ1v) is 47.8. The van der Waals surface area contributed by atoms with E-state index in [1.54, 1.807) is 60.2 Å². The van der Waals surface area contributed by atoms with Crippen molar-refractivity contribution in [3.8, 4) is 11.3 Å². The van der Waals surface area contributed by atoms with Crippen LogP contribution in [0.25, 0.3) is 33.4 Å². The third-order valence-corrected chi connectivity index (χ3v) is 26.4. The Morgan fingerprint density at radius 2 is 1.33 bits per heavy atom. The molecule has 5 aromatic rings. The number of nitrogen functional groups attached to an aromatic ring is 2. The van der Waals surface area contributed by atoms with Crippen LogP contribution in [-0.4, -0.2) is 331 Å². The molecule has 7 heterocycles. The first-order chi connectivity index (χ1) is 65.0. The number of oxazole rings is 1. The topological polar surface area (TPSA) is 433 Å². The summed E-state index contributed by atoms with van der Waals surface area (Å²) in [6, 6.07) is 10.8. The summed E-state index contributed by atoms with van der Waals surface area (Å²) in [4.78, 5) is 117. The van der Waals surface area contributed by atoms with Gasteiger partial charge < -0.3 is 117 Å². The fourth-order valence-corrected chi connectivity index (χ4v) is 18.2. The van der Waals surface area contributed by atoms with E-state index < -0.39 is 102 Å². The molecule has 6 N–H and O–H groups in total. The summed E-state index contributed by atoms with van der Waals surface area (Å²) in [7, 11) is 9.51. The van der Waals surface area contributed by atoms with Gasteiger partial charge in [-0.05, 0) is 148 Å². The van der Waals surface area contributed by atoms with Gasteiger partial charge >= 0.3 is 12.1 Å². The van der Waals surface area contributed by atoms with Gasteiger partial charge in [0, 0.05) is 111 Å². The van der Waals surface area contributed by atoms with Gasteiger partial charge in [-0.15, -0.1) is 0 Å². The van der Waals surface area contributed by atoms with Crippen molar-refractivity contribution in [2.45, 2.75) is 219 Å². The number of ketones is 2. The highest BCUT2D eigenvalue weighted by Gasteiger charge is 2.53. The second-order valence-electron chi connectivity index (χ2n) is 36.4. The molecule has 748 valence electrons. The number of hydrogen-bond donors (Lipinski definition) is 4. The number of nitrogens with zero attached hydrogens (tertiary/aromatic N) is 9. The van der Waals surface area contributed by atoms with Crippen LogP contribution >= 0.6 is 0 Å². The Kier molecular flexibility index (Phi) is 43.9. The van der Waals surface area contributed by atoms with Crippen molar-refractivity contribution in [1.82, 2.24) is 44.3 Å². The number of piperidine rings is 1. The van der Waals surface area contributed by atoms with E-state index in [0.717, 1.165) is 28.7 Å². The van der Waals surface area contributed by atoms with Gasteiger partial charge in [-0.25, -0.2) is 24.2 Å². The van der Waals surface area contributed by atoms with Gasteiger partial charge in [0.1, 0.15) is 53.8 Å². The van der Waals surface area contributed by atoms with Gasteiger partial charge in [0.25, 0.3) is 17.7 Å². The molecule has 135 heavy (non-hydrogen) atoms. The third kappa shape index (κ3) is 31.7. The van der Waals surface area contributed by atoms with Crippen LogP contribution in [0.1, 0.15) is 155 Å². The van der Waals surface area contributed by atoms with Crippen molar-refractivity contribution in [2.75, 3.05) is 186 Å². The second kappa shape index (κ2) is 54.9. The van der Waals surface area contributed by atoms with E-state index in [4.69, 9.17) is 92.0 Å². The zero-order chi connectivity index (χ0) is 97.1. The number of benzene rings is 2. The maximum Gasteiger partial charge on any atom is 0.409 e. The minimum Gasteiger partial charge on any atom is -0.460 e. The molecule has 0 radical (unpaired) electrons. The summed E-state index contributed by atoms with van der Waals surface area (Å²) in [6.45, 7) is 20.7. The quantitative estimate of drug-likeness (QED) is 0.0122. The lowest BCUT2D eigenvalue weighted by atomic mass is 9.78. The molecule has 2 bridgehead atoms. The number of aliphatic hydroxyl groups excluding tert-OH is 1. The molecule has 36 nitrogen and oxygen atoms in total. The number of aromatic nitrogens is 5. The number of Topliss-reactive ketones (excluding diaryl/α,β-unsaturated/α-hetero) is 2. The zero-order valence-electron chi connectivity index (χ0n) is 81.3. The van der Waals surface area contributed by atoms with Crippen LogP contribution in [-0.2, 0) is 119 Å². The normalized spacial score (nSPS) is 26.6. The van der Waals surface area contributed by atoms with E-state index in [1.165, 1.54) is 28.8 Å². The van der Waals surface area contributed by atoms with Crippen molar-refractivity contribution in [1.29, 1.82) is 0 Å². The maximum atomic E-state index is 15.0. The summed E-state index contributed by atoms with van der Waals surface area (Å²) in [5.74, 6) is -7.11. The van der Waals surface area contributed by atoms with E-state index >= 15 is 0 Å². The number of aliphatic hydroxyl groups is 2. The number of nitrogens with two attached hydrogens (primary N) is 2. The van der Waals surface area contributed by atoms with Crippen LogP contribution < -0.4 is 11.5 Å². The van der Waals surface area contributed by atoms with E-state index in [1.807, 2.05) is 92.8 Å². The Labute approximate surface area is 793 Å². The molecule has 2 aromatic carbocycles. The molecule has 0 unspecified atom stereocenters. The molecule has 2 saturated heterocycles. The molecule has 3 aromatic heterocycles. The Bertz CT molecular complexity index is 4730.